The van der Waals surface area contributed by atoms with Gasteiger partial charge in [-0.2, -0.15) is 0 Å². The Labute approximate surface area is 151 Å². The summed E-state index contributed by atoms with van der Waals surface area (Å²) < 4.78 is 1.89. The lowest BCUT2D eigenvalue weighted by molar-refractivity contribution is 0.0741. The molecule has 2 aromatic heterocycles. The molecule has 0 saturated carbocycles. The van der Waals surface area contributed by atoms with Crippen LogP contribution in [0.3, 0.4) is 0 Å². The van der Waals surface area contributed by atoms with Gasteiger partial charge in [0, 0.05) is 49.3 Å². The first-order valence-corrected chi connectivity index (χ1v) is 8.73. The van der Waals surface area contributed by atoms with Gasteiger partial charge in [-0.15, -0.1) is 0 Å². The van der Waals surface area contributed by atoms with Gasteiger partial charge in [-0.1, -0.05) is 11.6 Å². The van der Waals surface area contributed by atoms with E-state index in [2.05, 4.69) is 9.88 Å². The Bertz CT molecular complexity index is 911. The number of carbonyl (C=O) groups is 1. The highest BCUT2D eigenvalue weighted by atomic mass is 35.5. The number of anilines is 1. The summed E-state index contributed by atoms with van der Waals surface area (Å²) in [6.07, 6.45) is 3.75. The third-order valence-electron chi connectivity index (χ3n) is 4.59. The lowest BCUT2D eigenvalue weighted by Gasteiger charge is -2.35. The van der Waals surface area contributed by atoms with Gasteiger partial charge < -0.3 is 14.2 Å². The molecule has 3 heterocycles. The summed E-state index contributed by atoms with van der Waals surface area (Å²) in [5.74, 6) is -0.00268. The number of pyridine rings is 1. The lowest BCUT2D eigenvalue weighted by Crippen LogP contribution is -2.48. The zero-order chi connectivity index (χ0) is 17.4. The molecule has 6 heteroatoms. The van der Waals surface area contributed by atoms with Crippen LogP contribution < -0.4 is 4.90 Å². The van der Waals surface area contributed by atoms with Crippen LogP contribution in [0.1, 0.15) is 16.1 Å². The Morgan fingerprint density at radius 1 is 1.08 bits per heavy atom. The molecule has 0 atom stereocenters. The van der Waals surface area contributed by atoms with Crippen molar-refractivity contribution >= 4 is 28.8 Å². The molecule has 25 heavy (non-hydrogen) atoms. The molecule has 0 bridgehead atoms. The molecule has 0 spiro atoms. The average molecular weight is 355 g/mol. The average Bonchev–Trinajstić information content (AvgIpc) is 3.05. The van der Waals surface area contributed by atoms with Gasteiger partial charge in [0.15, 0.2) is 0 Å². The molecular formula is C19H19ClN4O. The first-order valence-electron chi connectivity index (χ1n) is 8.35. The van der Waals surface area contributed by atoms with Gasteiger partial charge in [-0.25, -0.2) is 4.98 Å². The monoisotopic (exact) mass is 354 g/mol. The third-order valence-corrected chi connectivity index (χ3v) is 4.85. The summed E-state index contributed by atoms with van der Waals surface area (Å²) in [7, 11) is 0. The van der Waals surface area contributed by atoms with E-state index in [1.54, 1.807) is 0 Å². The molecule has 1 aliphatic rings. The zero-order valence-corrected chi connectivity index (χ0v) is 14.8. The molecule has 4 rings (SSSR count). The Morgan fingerprint density at radius 2 is 1.80 bits per heavy atom. The van der Waals surface area contributed by atoms with Crippen molar-refractivity contribution in [2.45, 2.75) is 6.92 Å². The number of aryl methyl sites for hydroxylation is 1. The zero-order valence-electron chi connectivity index (χ0n) is 14.0. The number of benzene rings is 1. The fourth-order valence-corrected chi connectivity index (χ4v) is 3.29. The van der Waals surface area contributed by atoms with Crippen molar-refractivity contribution in [2.75, 3.05) is 31.1 Å². The molecule has 128 valence electrons. The van der Waals surface area contributed by atoms with Gasteiger partial charge in [-0.3, -0.25) is 4.79 Å². The highest BCUT2D eigenvalue weighted by Crippen LogP contribution is 2.20. The molecular weight excluding hydrogens is 336 g/mol. The van der Waals surface area contributed by atoms with E-state index in [1.165, 1.54) is 0 Å². The van der Waals surface area contributed by atoms with Crippen molar-refractivity contribution in [3.8, 4) is 0 Å². The normalized spacial score (nSPS) is 15.0. The Balaban J connectivity index is 1.46. The van der Waals surface area contributed by atoms with Gasteiger partial charge in [0.05, 0.1) is 0 Å². The fraction of sp³-hybridized carbons (Fsp3) is 0.263. The molecule has 0 aliphatic carbocycles. The number of rotatable bonds is 2. The standard InChI is InChI=1S/C19H19ClN4O/c1-14-6-7-24-13-17(21-18(24)12-14)19(25)23-10-8-22(9-11-23)16-4-2-15(20)3-5-16/h2-7,12-13H,8-11H2,1H3. The smallest absolute Gasteiger partial charge is 0.274 e. The first-order chi connectivity index (χ1) is 12.1. The maximum Gasteiger partial charge on any atom is 0.274 e. The number of piperazine rings is 1. The molecule has 1 fully saturated rings. The first kappa shape index (κ1) is 16.0. The molecule has 1 aromatic carbocycles. The predicted octanol–water partition coefficient (Wildman–Crippen LogP) is 3.26. The fourth-order valence-electron chi connectivity index (χ4n) is 3.17. The van der Waals surface area contributed by atoms with Gasteiger partial charge in [0.2, 0.25) is 0 Å². The van der Waals surface area contributed by atoms with E-state index in [9.17, 15) is 4.79 Å². The number of halogens is 1. The minimum Gasteiger partial charge on any atom is -0.368 e. The molecule has 0 unspecified atom stereocenters. The number of hydrogen-bond acceptors (Lipinski definition) is 3. The number of imidazole rings is 1. The Kier molecular flexibility index (Phi) is 4.09. The van der Waals surface area contributed by atoms with Crippen molar-refractivity contribution in [1.82, 2.24) is 14.3 Å². The van der Waals surface area contributed by atoms with E-state index in [-0.39, 0.29) is 5.91 Å². The van der Waals surface area contributed by atoms with Crippen LogP contribution in [0, 0.1) is 6.92 Å². The maximum atomic E-state index is 12.8. The van der Waals surface area contributed by atoms with Crippen molar-refractivity contribution in [3.05, 3.63) is 65.1 Å². The summed E-state index contributed by atoms with van der Waals surface area (Å²) >= 11 is 5.95. The van der Waals surface area contributed by atoms with Crippen LogP contribution in [0.15, 0.2) is 48.8 Å². The van der Waals surface area contributed by atoms with E-state index < -0.39 is 0 Å². The van der Waals surface area contributed by atoms with Crippen LogP contribution in [0.25, 0.3) is 5.65 Å². The Morgan fingerprint density at radius 3 is 2.52 bits per heavy atom. The minimum atomic E-state index is -0.00268. The van der Waals surface area contributed by atoms with Crippen LogP contribution in [0.5, 0.6) is 0 Å². The lowest BCUT2D eigenvalue weighted by atomic mass is 10.2. The number of fused-ring (bicyclic) bond motifs is 1. The molecule has 1 amide bonds. The quantitative estimate of drug-likeness (QED) is 0.709. The van der Waals surface area contributed by atoms with Crippen LogP contribution >= 0.6 is 11.6 Å². The molecule has 1 saturated heterocycles. The summed E-state index contributed by atoms with van der Waals surface area (Å²) in [6, 6.07) is 11.8. The molecule has 1 aliphatic heterocycles. The minimum absolute atomic E-state index is 0.00268. The number of amides is 1. The van der Waals surface area contributed by atoms with Crippen LogP contribution in [-0.4, -0.2) is 46.4 Å². The van der Waals surface area contributed by atoms with E-state index in [1.807, 2.05) is 65.0 Å². The number of carbonyl (C=O) groups excluding carboxylic acids is 1. The second-order valence-electron chi connectivity index (χ2n) is 6.35. The molecule has 0 radical (unpaired) electrons. The number of aromatic nitrogens is 2. The Hall–Kier alpha value is -2.53. The van der Waals surface area contributed by atoms with Crippen molar-refractivity contribution < 1.29 is 4.79 Å². The predicted molar refractivity (Wildman–Crippen MR) is 99.5 cm³/mol. The van der Waals surface area contributed by atoms with Crippen molar-refractivity contribution in [2.24, 2.45) is 0 Å². The largest absolute Gasteiger partial charge is 0.368 e. The molecule has 0 N–H and O–H groups in total. The summed E-state index contributed by atoms with van der Waals surface area (Å²) in [5.41, 5.74) is 3.59. The van der Waals surface area contributed by atoms with Gasteiger partial charge in [-0.05, 0) is 48.9 Å². The number of nitrogens with zero attached hydrogens (tertiary/aromatic N) is 4. The van der Waals surface area contributed by atoms with Crippen LogP contribution in [0.4, 0.5) is 5.69 Å². The van der Waals surface area contributed by atoms with Gasteiger partial charge in [0.1, 0.15) is 11.3 Å². The van der Waals surface area contributed by atoms with Gasteiger partial charge in [0.25, 0.3) is 5.91 Å². The van der Waals surface area contributed by atoms with Crippen LogP contribution in [0.2, 0.25) is 5.02 Å². The SMILES string of the molecule is Cc1ccn2cc(C(=O)N3CCN(c4ccc(Cl)cc4)CC3)nc2c1. The highest BCUT2D eigenvalue weighted by molar-refractivity contribution is 6.30. The molecule has 3 aromatic rings. The van der Waals surface area contributed by atoms with E-state index in [0.29, 0.717) is 18.8 Å². The maximum absolute atomic E-state index is 12.8. The highest BCUT2D eigenvalue weighted by Gasteiger charge is 2.24. The van der Waals surface area contributed by atoms with Crippen molar-refractivity contribution in [3.63, 3.8) is 0 Å². The number of hydrogen-bond donors (Lipinski definition) is 0. The summed E-state index contributed by atoms with van der Waals surface area (Å²) in [5, 5.41) is 0.736. The van der Waals surface area contributed by atoms with Gasteiger partial charge >= 0.3 is 0 Å². The van der Waals surface area contributed by atoms with E-state index in [0.717, 1.165) is 35.0 Å². The third kappa shape index (κ3) is 3.20. The second-order valence-corrected chi connectivity index (χ2v) is 6.79. The summed E-state index contributed by atoms with van der Waals surface area (Å²) in [4.78, 5) is 21.4. The van der Waals surface area contributed by atoms with Crippen molar-refractivity contribution in [1.29, 1.82) is 0 Å². The van der Waals surface area contributed by atoms with E-state index >= 15 is 0 Å². The second kappa shape index (κ2) is 6.41. The topological polar surface area (TPSA) is 40.9 Å². The summed E-state index contributed by atoms with van der Waals surface area (Å²) in [6.45, 7) is 5.01. The van der Waals surface area contributed by atoms with E-state index in [4.69, 9.17) is 11.6 Å². The molecule has 5 nitrogen and oxygen atoms in total. The van der Waals surface area contributed by atoms with Crippen LogP contribution in [-0.2, 0) is 0 Å².